The van der Waals surface area contributed by atoms with Gasteiger partial charge in [-0.25, -0.2) is 0 Å². The van der Waals surface area contributed by atoms with Gasteiger partial charge in [0.15, 0.2) is 0 Å². The van der Waals surface area contributed by atoms with E-state index in [1.54, 1.807) is 4.90 Å². The number of hydrogen-bond donors (Lipinski definition) is 1. The summed E-state index contributed by atoms with van der Waals surface area (Å²) in [5.74, 6) is -0.106. The number of pyridine rings is 1. The van der Waals surface area contributed by atoms with Gasteiger partial charge < -0.3 is 14.7 Å². The quantitative estimate of drug-likeness (QED) is 0.878. The van der Waals surface area contributed by atoms with E-state index >= 15 is 0 Å². The molecule has 1 aliphatic rings. The van der Waals surface area contributed by atoms with Crippen molar-refractivity contribution in [2.75, 3.05) is 19.7 Å². The highest BCUT2D eigenvalue weighted by Gasteiger charge is 2.22. The van der Waals surface area contributed by atoms with Crippen LogP contribution in [-0.2, 0) is 4.74 Å². The Morgan fingerprint density at radius 1 is 1.61 bits per heavy atom. The zero-order valence-electron chi connectivity index (χ0n) is 10.5. The van der Waals surface area contributed by atoms with Crippen molar-refractivity contribution in [2.24, 2.45) is 0 Å². The van der Waals surface area contributed by atoms with E-state index in [2.05, 4.69) is 4.98 Å². The highest BCUT2D eigenvalue weighted by atomic mass is 16.5. The molecule has 1 aromatic heterocycles. The number of aromatic hydroxyl groups is 1. The van der Waals surface area contributed by atoms with E-state index in [1.165, 1.54) is 18.5 Å². The van der Waals surface area contributed by atoms with Crippen LogP contribution in [0.5, 0.6) is 5.75 Å². The first-order valence-corrected chi connectivity index (χ1v) is 6.25. The summed E-state index contributed by atoms with van der Waals surface area (Å²) in [5.41, 5.74) is 0.412. The highest BCUT2D eigenvalue weighted by Crippen LogP contribution is 2.16. The average Bonchev–Trinajstić information content (AvgIpc) is 2.88. The second kappa shape index (κ2) is 5.82. The molecule has 1 saturated heterocycles. The Balaban J connectivity index is 2.04. The van der Waals surface area contributed by atoms with E-state index in [0.717, 1.165) is 19.4 Å². The van der Waals surface area contributed by atoms with Crippen molar-refractivity contribution in [2.45, 2.75) is 25.9 Å². The number of hydrogen-bond acceptors (Lipinski definition) is 4. The summed E-state index contributed by atoms with van der Waals surface area (Å²) >= 11 is 0. The Morgan fingerprint density at radius 3 is 3.06 bits per heavy atom. The van der Waals surface area contributed by atoms with Crippen molar-refractivity contribution in [3.8, 4) is 5.75 Å². The molecule has 18 heavy (non-hydrogen) atoms. The van der Waals surface area contributed by atoms with E-state index in [-0.39, 0.29) is 17.8 Å². The number of amides is 1. The molecule has 2 rings (SSSR count). The smallest absolute Gasteiger partial charge is 0.255 e. The van der Waals surface area contributed by atoms with Crippen molar-refractivity contribution in [1.29, 1.82) is 0 Å². The Hall–Kier alpha value is -1.62. The van der Waals surface area contributed by atoms with Gasteiger partial charge in [-0.1, -0.05) is 0 Å². The molecule has 0 bridgehead atoms. The number of likely N-dealkylation sites (N-methyl/N-ethyl adjacent to an activating group) is 1. The second-order valence-corrected chi connectivity index (χ2v) is 4.41. The predicted octanol–water partition coefficient (Wildman–Crippen LogP) is 1.43. The van der Waals surface area contributed by atoms with Gasteiger partial charge in [-0.3, -0.25) is 9.78 Å². The first kappa shape index (κ1) is 12.8. The van der Waals surface area contributed by atoms with E-state index in [9.17, 15) is 9.90 Å². The summed E-state index contributed by atoms with van der Waals surface area (Å²) < 4.78 is 5.54. The molecule has 1 aromatic rings. The lowest BCUT2D eigenvalue weighted by Crippen LogP contribution is -2.37. The second-order valence-electron chi connectivity index (χ2n) is 4.41. The van der Waals surface area contributed by atoms with Gasteiger partial charge in [-0.2, -0.15) is 0 Å². The molecule has 2 heterocycles. The maximum atomic E-state index is 12.2. The summed E-state index contributed by atoms with van der Waals surface area (Å²) in [6.45, 7) is 3.94. The number of aromatic nitrogens is 1. The third-order valence-corrected chi connectivity index (χ3v) is 3.09. The maximum Gasteiger partial charge on any atom is 0.255 e. The molecule has 0 saturated carbocycles. The fraction of sp³-hybridized carbons (Fsp3) is 0.538. The standard InChI is InChI=1S/C13H18N2O3/c1-2-15(9-12-4-3-5-18-12)13(17)10-6-11(16)8-14-7-10/h6-8,12,16H,2-5,9H2,1H3. The molecule has 5 heteroatoms. The Kier molecular flexibility index (Phi) is 4.15. The van der Waals surface area contributed by atoms with Gasteiger partial charge in [-0.05, 0) is 25.8 Å². The van der Waals surface area contributed by atoms with Crippen LogP contribution < -0.4 is 0 Å². The van der Waals surface area contributed by atoms with Crippen LogP contribution in [0.4, 0.5) is 0 Å². The Morgan fingerprint density at radius 2 is 2.44 bits per heavy atom. The van der Waals surface area contributed by atoms with Crippen molar-refractivity contribution in [3.05, 3.63) is 24.0 Å². The monoisotopic (exact) mass is 250 g/mol. The summed E-state index contributed by atoms with van der Waals surface area (Å²) in [6, 6.07) is 1.44. The van der Waals surface area contributed by atoms with E-state index in [4.69, 9.17) is 4.74 Å². The average molecular weight is 250 g/mol. The molecule has 0 radical (unpaired) electrons. The number of carbonyl (C=O) groups excluding carboxylic acids is 1. The van der Waals surface area contributed by atoms with Gasteiger partial charge in [0, 0.05) is 25.9 Å². The van der Waals surface area contributed by atoms with E-state index in [1.807, 2.05) is 6.92 Å². The lowest BCUT2D eigenvalue weighted by atomic mass is 10.2. The van der Waals surface area contributed by atoms with Crippen molar-refractivity contribution in [3.63, 3.8) is 0 Å². The lowest BCUT2D eigenvalue weighted by molar-refractivity contribution is 0.0538. The molecule has 1 aliphatic heterocycles. The number of rotatable bonds is 4. The van der Waals surface area contributed by atoms with Gasteiger partial charge in [-0.15, -0.1) is 0 Å². The minimum Gasteiger partial charge on any atom is -0.506 e. The van der Waals surface area contributed by atoms with Gasteiger partial charge in [0.05, 0.1) is 17.9 Å². The van der Waals surface area contributed by atoms with Crippen molar-refractivity contribution in [1.82, 2.24) is 9.88 Å². The van der Waals surface area contributed by atoms with Gasteiger partial charge >= 0.3 is 0 Å². The number of nitrogens with zero attached hydrogens (tertiary/aromatic N) is 2. The molecule has 0 spiro atoms. The minimum absolute atomic E-state index is 0.00835. The summed E-state index contributed by atoms with van der Waals surface area (Å²) in [5, 5.41) is 9.34. The third-order valence-electron chi connectivity index (χ3n) is 3.09. The summed E-state index contributed by atoms with van der Waals surface area (Å²) in [4.78, 5) is 17.8. The molecule has 1 atom stereocenters. The molecule has 1 N–H and O–H groups in total. The topological polar surface area (TPSA) is 62.7 Å². The highest BCUT2D eigenvalue weighted by molar-refractivity contribution is 5.94. The number of ether oxygens (including phenoxy) is 1. The SMILES string of the molecule is CCN(CC1CCCO1)C(=O)c1cncc(O)c1. The van der Waals surface area contributed by atoms with Crippen LogP contribution in [0.1, 0.15) is 30.1 Å². The molecule has 98 valence electrons. The molecular weight excluding hydrogens is 232 g/mol. The Labute approximate surface area is 106 Å². The predicted molar refractivity (Wildman–Crippen MR) is 66.5 cm³/mol. The van der Waals surface area contributed by atoms with E-state index in [0.29, 0.717) is 18.7 Å². The first-order valence-electron chi connectivity index (χ1n) is 6.25. The molecular formula is C13H18N2O3. The molecule has 1 unspecified atom stereocenters. The largest absolute Gasteiger partial charge is 0.506 e. The molecule has 0 aromatic carbocycles. The van der Waals surface area contributed by atoms with Gasteiger partial charge in [0.2, 0.25) is 0 Å². The maximum absolute atomic E-state index is 12.2. The normalized spacial score (nSPS) is 18.8. The van der Waals surface area contributed by atoms with Crippen LogP contribution in [0.2, 0.25) is 0 Å². The summed E-state index contributed by atoms with van der Waals surface area (Å²) in [6.07, 6.45) is 4.98. The zero-order chi connectivity index (χ0) is 13.0. The molecule has 0 aliphatic carbocycles. The molecule has 5 nitrogen and oxygen atoms in total. The lowest BCUT2D eigenvalue weighted by Gasteiger charge is -2.23. The van der Waals surface area contributed by atoms with Crippen LogP contribution >= 0.6 is 0 Å². The Bertz CT molecular complexity index is 416. The van der Waals surface area contributed by atoms with Crippen LogP contribution in [0.15, 0.2) is 18.5 Å². The fourth-order valence-electron chi connectivity index (χ4n) is 2.12. The zero-order valence-corrected chi connectivity index (χ0v) is 10.5. The van der Waals surface area contributed by atoms with Crippen LogP contribution in [0.3, 0.4) is 0 Å². The van der Waals surface area contributed by atoms with Crippen LogP contribution in [0.25, 0.3) is 0 Å². The van der Waals surface area contributed by atoms with Gasteiger partial charge in [0.1, 0.15) is 5.75 Å². The fourth-order valence-corrected chi connectivity index (χ4v) is 2.12. The van der Waals surface area contributed by atoms with Crippen molar-refractivity contribution >= 4 is 5.91 Å². The molecule has 1 fully saturated rings. The minimum atomic E-state index is -0.114. The van der Waals surface area contributed by atoms with E-state index < -0.39 is 0 Å². The summed E-state index contributed by atoms with van der Waals surface area (Å²) in [7, 11) is 0. The van der Waals surface area contributed by atoms with Gasteiger partial charge in [0.25, 0.3) is 5.91 Å². The first-order chi connectivity index (χ1) is 8.70. The third kappa shape index (κ3) is 2.98. The molecule has 1 amide bonds. The van der Waals surface area contributed by atoms with Crippen LogP contribution in [-0.4, -0.2) is 46.7 Å². The number of carbonyl (C=O) groups is 1. The van der Waals surface area contributed by atoms with Crippen molar-refractivity contribution < 1.29 is 14.6 Å². The van der Waals surface area contributed by atoms with Crippen LogP contribution in [0, 0.1) is 0 Å².